The summed E-state index contributed by atoms with van der Waals surface area (Å²) >= 11 is 3.83. The highest BCUT2D eigenvalue weighted by atomic mass is 32.2. The van der Waals surface area contributed by atoms with E-state index in [2.05, 4.69) is 413 Å². The molecule has 19 rings (SSSR count). The van der Waals surface area contributed by atoms with E-state index in [1.807, 2.05) is 23.5 Å². The fraction of sp³-hybridized carbons (Fsp3) is 0.0816. The van der Waals surface area contributed by atoms with E-state index in [1.165, 1.54) is 97.2 Å². The van der Waals surface area contributed by atoms with Crippen LogP contribution in [0.15, 0.2) is 371 Å². The topological polar surface area (TPSA) is 13.0 Å². The molecule has 0 amide bonds. The van der Waals surface area contributed by atoms with Gasteiger partial charge in [0.2, 0.25) is 13.4 Å². The van der Waals surface area contributed by atoms with Crippen molar-refractivity contribution in [3.63, 3.8) is 0 Å². The van der Waals surface area contributed by atoms with E-state index in [4.69, 9.17) is 0 Å². The van der Waals surface area contributed by atoms with Gasteiger partial charge < -0.3 is 19.6 Å². The number of nitrogens with zero attached hydrogens (tertiary/aromatic N) is 4. The molecule has 0 bridgehead atoms. The molecule has 4 aliphatic heterocycles. The van der Waals surface area contributed by atoms with Gasteiger partial charge >= 0.3 is 0 Å². The molecule has 0 spiro atoms. The minimum atomic E-state index is -0.127. The van der Waals surface area contributed by atoms with Crippen LogP contribution >= 0.6 is 23.5 Å². The lowest BCUT2D eigenvalue weighted by Crippen LogP contribution is -2.64. The summed E-state index contributed by atoms with van der Waals surface area (Å²) in [4.78, 5) is 15.2. The third-order valence-electron chi connectivity index (χ3n) is 21.8. The van der Waals surface area contributed by atoms with Crippen LogP contribution in [0.2, 0.25) is 0 Å². The highest BCUT2D eigenvalue weighted by Crippen LogP contribution is 2.54. The first-order valence-electron chi connectivity index (χ1n) is 36.9. The second-order valence-electron chi connectivity index (χ2n) is 30.4. The van der Waals surface area contributed by atoms with E-state index in [-0.39, 0.29) is 24.3 Å². The SMILES string of the molecule is CC(C)(C)c1ccc(-c2cccc(-c3ccc(C(C)(C)C)cc3)c2N2c3cc4c(cc3B3c5ccccc5Sc5cc(N(c6ccccc6)c6ccccc6)cc2c53)B2c3ccccc3N(c3ccccc3)c3cc(N(c5ccc(-c6ccccc6)cc5)c5cccc(-c6ccccc6)c5)cc(c32)S4)cc1. The molecule has 0 saturated heterocycles. The number of fused-ring (bicyclic) bond motifs is 8. The summed E-state index contributed by atoms with van der Waals surface area (Å²) in [7, 11) is 0. The third-order valence-corrected chi connectivity index (χ3v) is 24.1. The van der Waals surface area contributed by atoms with Crippen molar-refractivity contribution >= 4 is 138 Å². The molecule has 0 radical (unpaired) electrons. The summed E-state index contributed by atoms with van der Waals surface area (Å²) in [5.41, 5.74) is 33.1. The number of hydrogen-bond donors (Lipinski definition) is 0. The Morgan fingerprint density at radius 3 is 1.25 bits per heavy atom. The van der Waals surface area contributed by atoms with Gasteiger partial charge in [0.25, 0.3) is 0 Å². The molecule has 15 aromatic carbocycles. The summed E-state index contributed by atoms with van der Waals surface area (Å²) in [6.45, 7) is 13.6. The lowest BCUT2D eigenvalue weighted by Gasteiger charge is -2.44. The first-order valence-corrected chi connectivity index (χ1v) is 38.6. The van der Waals surface area contributed by atoms with Crippen molar-refractivity contribution in [2.45, 2.75) is 72.0 Å². The molecular formula is C98H76B2N4S2. The van der Waals surface area contributed by atoms with Crippen molar-refractivity contribution < 1.29 is 0 Å². The number of benzene rings is 15. The van der Waals surface area contributed by atoms with Crippen LogP contribution in [0.5, 0.6) is 0 Å². The molecule has 0 atom stereocenters. The maximum atomic E-state index is 2.72. The molecular weight excluding hydrogens is 1320 g/mol. The van der Waals surface area contributed by atoms with Crippen molar-refractivity contribution in [2.75, 3.05) is 19.6 Å². The summed E-state index contributed by atoms with van der Waals surface area (Å²) in [6, 6.07) is 132. The maximum Gasteiger partial charge on any atom is 0.249 e. The van der Waals surface area contributed by atoms with Crippen molar-refractivity contribution in [3.05, 3.63) is 363 Å². The molecule has 8 heteroatoms. The molecule has 0 aliphatic carbocycles. The maximum absolute atomic E-state index is 2.72. The summed E-state index contributed by atoms with van der Waals surface area (Å²) < 4.78 is 0. The quantitative estimate of drug-likeness (QED) is 0.112. The smallest absolute Gasteiger partial charge is 0.249 e. The Balaban J connectivity index is 0.901. The van der Waals surface area contributed by atoms with Gasteiger partial charge in [-0.05, 0) is 180 Å². The Bertz CT molecular complexity index is 5750. The van der Waals surface area contributed by atoms with Gasteiger partial charge in [-0.3, -0.25) is 0 Å². The summed E-state index contributed by atoms with van der Waals surface area (Å²) in [6.07, 6.45) is 0. The lowest BCUT2D eigenvalue weighted by atomic mass is 9.31. The zero-order valence-corrected chi connectivity index (χ0v) is 61.9. The molecule has 506 valence electrons. The average Bonchev–Trinajstić information content (AvgIpc) is 0.698. The van der Waals surface area contributed by atoms with E-state index < -0.39 is 0 Å². The molecule has 15 aromatic rings. The Hall–Kier alpha value is -11.7. The van der Waals surface area contributed by atoms with E-state index in [0.29, 0.717) is 0 Å². The molecule has 4 heterocycles. The van der Waals surface area contributed by atoms with Crippen LogP contribution in [0.4, 0.5) is 68.2 Å². The molecule has 0 fully saturated rings. The predicted octanol–water partition coefficient (Wildman–Crippen LogP) is 23.4. The van der Waals surface area contributed by atoms with Gasteiger partial charge in [-0.25, -0.2) is 0 Å². The molecule has 4 nitrogen and oxygen atoms in total. The van der Waals surface area contributed by atoms with Crippen LogP contribution in [0.3, 0.4) is 0 Å². The van der Waals surface area contributed by atoms with Gasteiger partial charge in [-0.1, -0.05) is 325 Å². The van der Waals surface area contributed by atoms with Crippen molar-refractivity contribution in [1.29, 1.82) is 0 Å². The zero-order chi connectivity index (χ0) is 71.4. The van der Waals surface area contributed by atoms with Gasteiger partial charge in [-0.2, -0.15) is 0 Å². The number of rotatable bonds is 12. The van der Waals surface area contributed by atoms with Gasteiger partial charge in [0.05, 0.1) is 5.69 Å². The Morgan fingerprint density at radius 2 is 0.679 bits per heavy atom. The molecule has 0 saturated carbocycles. The minimum Gasteiger partial charge on any atom is -0.311 e. The number of anilines is 12. The molecule has 0 N–H and O–H groups in total. The zero-order valence-electron chi connectivity index (χ0n) is 60.2. The van der Waals surface area contributed by atoms with Crippen LogP contribution < -0.4 is 52.4 Å². The molecule has 4 aliphatic rings. The van der Waals surface area contributed by atoms with E-state index in [9.17, 15) is 0 Å². The lowest BCUT2D eigenvalue weighted by molar-refractivity contribution is 0.590. The number of para-hydroxylation sites is 5. The van der Waals surface area contributed by atoms with Crippen molar-refractivity contribution in [1.82, 2.24) is 0 Å². The second kappa shape index (κ2) is 26.2. The fourth-order valence-electron chi connectivity index (χ4n) is 16.7. The Kier molecular flexibility index (Phi) is 16.1. The van der Waals surface area contributed by atoms with E-state index in [0.717, 1.165) is 79.0 Å². The summed E-state index contributed by atoms with van der Waals surface area (Å²) in [5.74, 6) is 0. The van der Waals surface area contributed by atoms with Gasteiger partial charge in [0.1, 0.15) is 0 Å². The van der Waals surface area contributed by atoms with E-state index >= 15 is 0 Å². The van der Waals surface area contributed by atoms with Gasteiger partial charge in [0, 0.05) is 93.3 Å². The largest absolute Gasteiger partial charge is 0.311 e. The van der Waals surface area contributed by atoms with Crippen LogP contribution in [-0.2, 0) is 10.8 Å². The van der Waals surface area contributed by atoms with Gasteiger partial charge in [-0.15, -0.1) is 0 Å². The molecule has 0 aromatic heterocycles. The van der Waals surface area contributed by atoms with Crippen LogP contribution in [0.25, 0.3) is 44.5 Å². The molecule has 0 unspecified atom stereocenters. The first kappa shape index (κ1) is 65.1. The van der Waals surface area contributed by atoms with Crippen LogP contribution in [0, 0.1) is 0 Å². The predicted molar refractivity (Wildman–Crippen MR) is 455 cm³/mol. The highest BCUT2D eigenvalue weighted by molar-refractivity contribution is 8.00. The first-order chi connectivity index (χ1) is 51.8. The number of hydrogen-bond acceptors (Lipinski definition) is 6. The fourth-order valence-corrected chi connectivity index (χ4v) is 19.1. The minimum absolute atomic E-state index is 0.0366. The monoisotopic (exact) mass is 1390 g/mol. The van der Waals surface area contributed by atoms with Crippen LogP contribution in [-0.4, -0.2) is 13.4 Å². The Morgan fingerprint density at radius 1 is 0.255 bits per heavy atom. The Labute approximate surface area is 632 Å². The standard InChI is InChI=1S/C98H76B2N4S2/c1-97(2,3)71-52-46-68(47-53-71)80-40-27-41-81(69-48-54-72(55-49-69)98(4,5)6)96(80)104-87-64-91-85(63-84(87)100-83-43-23-25-45-90(83)105-92-61-78(60-89(104)95(92)100)101(73-33-16-9-17-34-73)74-35-18-10-19-36-74)99-82-42-22-24-44-86(82)103(75-37-20-11-21-38-75)88-59-79(62-93(106-91)94(88)99)102(76-56-50-67(51-57-76)65-28-12-7-13-29-65)77-39-26-32-70(58-77)66-30-14-8-15-31-66/h7-64H,1-6H3. The highest BCUT2D eigenvalue weighted by Gasteiger charge is 2.47. The second-order valence-corrected chi connectivity index (χ2v) is 32.6. The molecule has 106 heavy (non-hydrogen) atoms. The summed E-state index contributed by atoms with van der Waals surface area (Å²) in [5, 5.41) is 0. The van der Waals surface area contributed by atoms with Crippen LogP contribution in [0.1, 0.15) is 52.7 Å². The van der Waals surface area contributed by atoms with Gasteiger partial charge in [0.15, 0.2) is 0 Å². The average molecular weight is 1400 g/mol. The van der Waals surface area contributed by atoms with Crippen molar-refractivity contribution in [3.8, 4) is 44.5 Å². The van der Waals surface area contributed by atoms with Crippen molar-refractivity contribution in [2.24, 2.45) is 0 Å². The van der Waals surface area contributed by atoms with E-state index in [1.54, 1.807) is 0 Å². The normalized spacial score (nSPS) is 13.0. The third kappa shape index (κ3) is 11.4.